The number of nitrogens with one attached hydrogen (secondary N) is 1. The summed E-state index contributed by atoms with van der Waals surface area (Å²) in [7, 11) is 0. The standard InChI is InChI=1S/C24H29N5O3S/c1-12-2-5-16-20(26)22(33-24(16)27-12)23(30)28-14-8-13-3-4-15(9-19(13)32-11-14)29-10-17(25)21-18(29)6-7-31-21/h2-5,9,14,17-18,21,23,28,30H,6-8,10-11,25-26H2,1H3/t14-,17-,18+,21+,23?/m1/s1. The summed E-state index contributed by atoms with van der Waals surface area (Å²) in [5.74, 6) is 0.900. The fraction of sp³-hybridized carbons (Fsp3) is 0.458. The molecule has 0 saturated carbocycles. The van der Waals surface area contributed by atoms with Gasteiger partial charge < -0.3 is 30.9 Å². The van der Waals surface area contributed by atoms with Crippen LogP contribution in [0, 0.1) is 6.92 Å². The number of aryl methyl sites for hydroxylation is 1. The molecule has 0 bridgehead atoms. The topological polar surface area (TPSA) is 119 Å². The lowest BCUT2D eigenvalue weighted by Crippen LogP contribution is -2.41. The van der Waals surface area contributed by atoms with Gasteiger partial charge in [0.15, 0.2) is 0 Å². The molecular weight excluding hydrogens is 438 g/mol. The van der Waals surface area contributed by atoms with E-state index in [0.29, 0.717) is 23.2 Å². The van der Waals surface area contributed by atoms with Crippen LogP contribution in [0.3, 0.4) is 0 Å². The molecule has 0 spiro atoms. The molecule has 8 nitrogen and oxygen atoms in total. The van der Waals surface area contributed by atoms with Crippen molar-refractivity contribution >= 4 is 32.9 Å². The first-order valence-corrected chi connectivity index (χ1v) is 12.3. The molecule has 6 N–H and O–H groups in total. The molecule has 3 aliphatic rings. The zero-order valence-corrected chi connectivity index (χ0v) is 19.3. The number of fused-ring (bicyclic) bond motifs is 3. The van der Waals surface area contributed by atoms with Gasteiger partial charge >= 0.3 is 0 Å². The minimum atomic E-state index is -0.871. The van der Waals surface area contributed by atoms with E-state index in [-0.39, 0.29) is 18.2 Å². The average molecular weight is 468 g/mol. The highest BCUT2D eigenvalue weighted by atomic mass is 32.1. The highest BCUT2D eigenvalue weighted by Crippen LogP contribution is 2.38. The second-order valence-electron chi connectivity index (χ2n) is 9.27. The van der Waals surface area contributed by atoms with Crippen LogP contribution in [-0.2, 0) is 11.2 Å². The minimum absolute atomic E-state index is 0.0227. The average Bonchev–Trinajstić information content (AvgIpc) is 3.49. The molecule has 5 atom stereocenters. The number of thiophene rings is 1. The van der Waals surface area contributed by atoms with E-state index in [1.807, 2.05) is 19.1 Å². The van der Waals surface area contributed by atoms with Gasteiger partial charge in [-0.15, -0.1) is 11.3 Å². The Bertz CT molecular complexity index is 1200. The summed E-state index contributed by atoms with van der Waals surface area (Å²) < 4.78 is 11.9. The van der Waals surface area contributed by atoms with Gasteiger partial charge in [-0.2, -0.15) is 0 Å². The van der Waals surface area contributed by atoms with Crippen molar-refractivity contribution in [2.24, 2.45) is 5.73 Å². The largest absolute Gasteiger partial charge is 0.492 e. The third-order valence-corrected chi connectivity index (χ3v) is 8.19. The molecular formula is C24H29N5O3S. The van der Waals surface area contributed by atoms with Crippen molar-refractivity contribution in [1.82, 2.24) is 10.3 Å². The lowest BCUT2D eigenvalue weighted by Gasteiger charge is -2.30. The Morgan fingerprint density at radius 2 is 2.18 bits per heavy atom. The van der Waals surface area contributed by atoms with Gasteiger partial charge in [0.25, 0.3) is 0 Å². The number of anilines is 2. The summed E-state index contributed by atoms with van der Waals surface area (Å²) in [5, 5.41) is 15.0. The number of nitrogens with two attached hydrogens (primary N) is 2. The molecule has 0 radical (unpaired) electrons. The van der Waals surface area contributed by atoms with Crippen LogP contribution in [0.4, 0.5) is 11.4 Å². The van der Waals surface area contributed by atoms with Gasteiger partial charge in [0.05, 0.1) is 28.8 Å². The number of benzene rings is 1. The highest BCUT2D eigenvalue weighted by molar-refractivity contribution is 7.19. The lowest BCUT2D eigenvalue weighted by atomic mass is 10.0. The van der Waals surface area contributed by atoms with E-state index in [4.69, 9.17) is 20.9 Å². The first kappa shape index (κ1) is 21.1. The molecule has 174 valence electrons. The van der Waals surface area contributed by atoms with E-state index < -0.39 is 6.23 Å². The van der Waals surface area contributed by atoms with Gasteiger partial charge in [0.1, 0.15) is 23.4 Å². The summed E-state index contributed by atoms with van der Waals surface area (Å²) >= 11 is 1.43. The van der Waals surface area contributed by atoms with E-state index in [9.17, 15) is 5.11 Å². The second-order valence-corrected chi connectivity index (χ2v) is 10.3. The quantitative estimate of drug-likeness (QED) is 0.431. The van der Waals surface area contributed by atoms with Crippen LogP contribution in [0.1, 0.15) is 28.8 Å². The smallest absolute Gasteiger partial charge is 0.142 e. The van der Waals surface area contributed by atoms with Crippen LogP contribution >= 0.6 is 11.3 Å². The highest BCUT2D eigenvalue weighted by Gasteiger charge is 2.44. The zero-order valence-electron chi connectivity index (χ0n) is 18.5. The van der Waals surface area contributed by atoms with Gasteiger partial charge in [0, 0.05) is 42.0 Å². The van der Waals surface area contributed by atoms with Gasteiger partial charge in [-0.1, -0.05) is 6.07 Å². The predicted octanol–water partition coefficient (Wildman–Crippen LogP) is 2.08. The summed E-state index contributed by atoms with van der Waals surface area (Å²) in [6.07, 6.45) is 1.03. The minimum Gasteiger partial charge on any atom is -0.492 e. The van der Waals surface area contributed by atoms with E-state index in [0.717, 1.165) is 58.9 Å². The fourth-order valence-corrected chi connectivity index (χ4v) is 6.45. The Kier molecular flexibility index (Phi) is 5.19. The van der Waals surface area contributed by atoms with Crippen molar-refractivity contribution in [2.75, 3.05) is 30.4 Å². The number of aliphatic hydroxyl groups is 1. The van der Waals surface area contributed by atoms with Gasteiger partial charge in [-0.25, -0.2) is 4.98 Å². The second kappa shape index (κ2) is 8.11. The molecule has 0 amide bonds. The van der Waals surface area contributed by atoms with Gasteiger partial charge in [-0.05, 0) is 43.5 Å². The molecule has 33 heavy (non-hydrogen) atoms. The van der Waals surface area contributed by atoms with Gasteiger partial charge in [0.2, 0.25) is 0 Å². The number of nitrogen functional groups attached to an aromatic ring is 1. The van der Waals surface area contributed by atoms with Crippen molar-refractivity contribution < 1.29 is 14.6 Å². The third-order valence-electron chi connectivity index (χ3n) is 7.03. The van der Waals surface area contributed by atoms with Crippen LogP contribution in [0.2, 0.25) is 0 Å². The Hall–Kier alpha value is -2.43. The Morgan fingerprint density at radius 1 is 1.30 bits per heavy atom. The summed E-state index contributed by atoms with van der Waals surface area (Å²) in [5.41, 5.74) is 16.4. The maximum Gasteiger partial charge on any atom is 0.142 e. The molecule has 3 aliphatic heterocycles. The Morgan fingerprint density at radius 3 is 3.06 bits per heavy atom. The van der Waals surface area contributed by atoms with E-state index in [2.05, 4.69) is 33.4 Å². The van der Waals surface area contributed by atoms with Crippen LogP contribution in [0.5, 0.6) is 5.75 Å². The van der Waals surface area contributed by atoms with E-state index in [1.165, 1.54) is 11.3 Å². The lowest BCUT2D eigenvalue weighted by molar-refractivity contribution is 0.101. The zero-order chi connectivity index (χ0) is 22.7. The van der Waals surface area contributed by atoms with E-state index >= 15 is 0 Å². The number of rotatable bonds is 4. The maximum atomic E-state index is 10.9. The monoisotopic (exact) mass is 467 g/mol. The summed E-state index contributed by atoms with van der Waals surface area (Å²) in [6, 6.07) is 10.7. The Balaban J connectivity index is 1.16. The molecule has 5 heterocycles. The number of aromatic nitrogens is 1. The van der Waals surface area contributed by atoms with Crippen molar-refractivity contribution in [2.45, 2.75) is 50.2 Å². The van der Waals surface area contributed by atoms with Crippen molar-refractivity contribution in [3.63, 3.8) is 0 Å². The van der Waals surface area contributed by atoms with Crippen molar-refractivity contribution in [3.8, 4) is 5.75 Å². The Labute approximate surface area is 196 Å². The van der Waals surface area contributed by atoms with Crippen LogP contribution < -0.4 is 26.4 Å². The fourth-order valence-electron chi connectivity index (χ4n) is 5.36. The molecule has 1 aromatic carbocycles. The van der Waals surface area contributed by atoms with Crippen molar-refractivity contribution in [3.05, 3.63) is 46.5 Å². The number of ether oxygens (including phenoxy) is 2. The number of aliphatic hydroxyl groups excluding tert-OH is 1. The van der Waals surface area contributed by atoms with Crippen LogP contribution in [-0.4, -0.2) is 54.1 Å². The summed E-state index contributed by atoms with van der Waals surface area (Å²) in [6.45, 7) is 4.00. The summed E-state index contributed by atoms with van der Waals surface area (Å²) in [4.78, 5) is 8.44. The van der Waals surface area contributed by atoms with Crippen LogP contribution in [0.25, 0.3) is 10.2 Å². The predicted molar refractivity (Wildman–Crippen MR) is 130 cm³/mol. The molecule has 3 aromatic rings. The number of hydrogen-bond acceptors (Lipinski definition) is 9. The molecule has 0 aliphatic carbocycles. The first-order valence-electron chi connectivity index (χ1n) is 11.5. The molecule has 1 unspecified atom stereocenters. The molecule has 6 rings (SSSR count). The maximum absolute atomic E-state index is 10.9. The number of pyridine rings is 1. The SMILES string of the molecule is Cc1ccc2c(N)c(C(O)N[C@H]3COc4cc(N5C[C@@H](N)[C@@H]6OCC[C@@H]65)ccc4C3)sc2n1. The first-order chi connectivity index (χ1) is 16.0. The van der Waals surface area contributed by atoms with Gasteiger partial charge in [-0.3, -0.25) is 5.32 Å². The number of nitrogens with zero attached hydrogens (tertiary/aromatic N) is 2. The van der Waals surface area contributed by atoms with Crippen molar-refractivity contribution in [1.29, 1.82) is 0 Å². The normalized spacial score (nSPS) is 27.4. The molecule has 9 heteroatoms. The van der Waals surface area contributed by atoms with Crippen LogP contribution in [0.15, 0.2) is 30.3 Å². The molecule has 2 saturated heterocycles. The third kappa shape index (κ3) is 3.64. The number of hydrogen-bond donors (Lipinski definition) is 4. The van der Waals surface area contributed by atoms with E-state index in [1.54, 1.807) is 0 Å². The molecule has 2 fully saturated rings. The molecule has 2 aromatic heterocycles.